The molecule has 4 nitrogen and oxygen atoms in total. The fraction of sp³-hybridized carbons (Fsp3) is 0.0500. The van der Waals surface area contributed by atoms with Gasteiger partial charge in [-0.25, -0.2) is 0 Å². The maximum atomic E-state index is 13.2. The first-order chi connectivity index (χ1) is 12.1. The van der Waals surface area contributed by atoms with Gasteiger partial charge in [-0.2, -0.15) is 0 Å². The summed E-state index contributed by atoms with van der Waals surface area (Å²) >= 11 is 5.99. The Hall–Kier alpha value is -2.98. The Kier molecular flexibility index (Phi) is 3.82. The maximum Gasteiger partial charge on any atom is 0.262 e. The normalized spacial score (nSPS) is 16.3. The largest absolute Gasteiger partial charge is 0.508 e. The van der Waals surface area contributed by atoms with Crippen molar-refractivity contribution in [2.45, 2.75) is 6.17 Å². The van der Waals surface area contributed by atoms with Crippen molar-refractivity contribution in [3.8, 4) is 5.75 Å². The number of carbonyl (C=O) groups is 1. The van der Waals surface area contributed by atoms with Gasteiger partial charge in [0.2, 0.25) is 0 Å². The van der Waals surface area contributed by atoms with Gasteiger partial charge in [-0.1, -0.05) is 35.9 Å². The summed E-state index contributed by atoms with van der Waals surface area (Å²) in [5, 5.41) is 13.6. The number of benzene rings is 3. The summed E-state index contributed by atoms with van der Waals surface area (Å²) < 4.78 is 0. The van der Waals surface area contributed by atoms with Crippen LogP contribution in [-0.2, 0) is 0 Å². The minimum absolute atomic E-state index is 0.0882. The van der Waals surface area contributed by atoms with Crippen molar-refractivity contribution >= 4 is 28.9 Å². The molecule has 124 valence electrons. The molecule has 0 aliphatic carbocycles. The van der Waals surface area contributed by atoms with Crippen LogP contribution in [-0.4, -0.2) is 11.0 Å². The van der Waals surface area contributed by atoms with Crippen LogP contribution >= 0.6 is 11.6 Å². The SMILES string of the molecule is O=C1c2ccccc2NC(c2ccc(O)cc2)N1c1ccc(Cl)cc1. The predicted octanol–water partition coefficient (Wildman–Crippen LogP) is 4.82. The molecule has 4 rings (SSSR count). The van der Waals surface area contributed by atoms with Crippen molar-refractivity contribution in [3.63, 3.8) is 0 Å². The van der Waals surface area contributed by atoms with Crippen LogP contribution in [0, 0.1) is 0 Å². The van der Waals surface area contributed by atoms with Gasteiger partial charge in [-0.15, -0.1) is 0 Å². The van der Waals surface area contributed by atoms with E-state index in [2.05, 4.69) is 5.32 Å². The first-order valence-electron chi connectivity index (χ1n) is 7.87. The van der Waals surface area contributed by atoms with Crippen molar-refractivity contribution < 1.29 is 9.90 Å². The number of rotatable bonds is 2. The van der Waals surface area contributed by atoms with E-state index in [0.29, 0.717) is 10.6 Å². The summed E-state index contributed by atoms with van der Waals surface area (Å²) in [6.45, 7) is 0. The van der Waals surface area contributed by atoms with Gasteiger partial charge in [0.05, 0.1) is 5.56 Å². The highest BCUT2D eigenvalue weighted by molar-refractivity contribution is 6.30. The number of aromatic hydroxyl groups is 1. The molecule has 2 N–H and O–H groups in total. The molecule has 3 aromatic carbocycles. The molecule has 25 heavy (non-hydrogen) atoms. The van der Waals surface area contributed by atoms with Crippen LogP contribution in [0.4, 0.5) is 11.4 Å². The second-order valence-electron chi connectivity index (χ2n) is 5.84. The first-order valence-corrected chi connectivity index (χ1v) is 8.25. The third-order valence-corrected chi connectivity index (χ3v) is 4.49. The lowest BCUT2D eigenvalue weighted by Gasteiger charge is -2.38. The van der Waals surface area contributed by atoms with Crippen LogP contribution < -0.4 is 10.2 Å². The van der Waals surface area contributed by atoms with Gasteiger partial charge in [-0.05, 0) is 54.1 Å². The van der Waals surface area contributed by atoms with Gasteiger partial charge < -0.3 is 10.4 Å². The van der Waals surface area contributed by atoms with Crippen LogP contribution in [0.15, 0.2) is 72.8 Å². The van der Waals surface area contributed by atoms with Crippen LogP contribution in [0.3, 0.4) is 0 Å². The Bertz CT molecular complexity index is 923. The molecule has 0 radical (unpaired) electrons. The standard InChI is InChI=1S/C20H15ClN2O2/c21-14-7-9-15(10-8-14)23-19(13-5-11-16(24)12-6-13)22-18-4-2-1-3-17(18)20(23)25/h1-12,19,22,24H. The summed E-state index contributed by atoms with van der Waals surface area (Å²) in [7, 11) is 0. The first kappa shape index (κ1) is 15.5. The number of carbonyl (C=O) groups excluding carboxylic acids is 1. The molecule has 1 amide bonds. The number of halogens is 1. The Morgan fingerprint density at radius 2 is 1.60 bits per heavy atom. The average molecular weight is 351 g/mol. The van der Waals surface area contributed by atoms with Gasteiger partial charge in [0.1, 0.15) is 11.9 Å². The highest BCUT2D eigenvalue weighted by Gasteiger charge is 2.33. The third kappa shape index (κ3) is 2.81. The molecule has 0 aromatic heterocycles. The highest BCUT2D eigenvalue weighted by atomic mass is 35.5. The summed E-state index contributed by atoms with van der Waals surface area (Å²) in [4.78, 5) is 14.9. The van der Waals surface area contributed by atoms with Gasteiger partial charge >= 0.3 is 0 Å². The van der Waals surface area contributed by atoms with Gasteiger partial charge in [0.25, 0.3) is 5.91 Å². The number of hydrogen-bond acceptors (Lipinski definition) is 3. The molecule has 0 fully saturated rings. The number of para-hydroxylation sites is 1. The number of phenolic OH excluding ortho intramolecular Hbond substituents is 1. The number of nitrogens with zero attached hydrogens (tertiary/aromatic N) is 1. The third-order valence-electron chi connectivity index (χ3n) is 4.24. The number of fused-ring (bicyclic) bond motifs is 1. The molecule has 3 aromatic rings. The topological polar surface area (TPSA) is 52.6 Å². The van der Waals surface area contributed by atoms with Crippen molar-refractivity contribution in [1.82, 2.24) is 0 Å². The van der Waals surface area contributed by atoms with E-state index in [4.69, 9.17) is 11.6 Å². The average Bonchev–Trinajstić information content (AvgIpc) is 2.63. The lowest BCUT2D eigenvalue weighted by Crippen LogP contribution is -2.43. The van der Waals surface area contributed by atoms with Crippen LogP contribution in [0.2, 0.25) is 5.02 Å². The number of amides is 1. The molecule has 1 unspecified atom stereocenters. The van der Waals surface area contributed by atoms with E-state index in [1.807, 2.05) is 30.3 Å². The van der Waals surface area contributed by atoms with Crippen molar-refractivity contribution in [2.75, 3.05) is 10.2 Å². The molecule has 1 aliphatic rings. The van der Waals surface area contributed by atoms with E-state index in [-0.39, 0.29) is 17.8 Å². The number of nitrogens with one attached hydrogen (secondary N) is 1. The highest BCUT2D eigenvalue weighted by Crippen LogP contribution is 2.37. The minimum atomic E-state index is -0.385. The quantitative estimate of drug-likeness (QED) is 0.697. The summed E-state index contributed by atoms with van der Waals surface area (Å²) in [5.74, 6) is 0.0964. The molecular formula is C20H15ClN2O2. The molecule has 5 heteroatoms. The maximum absolute atomic E-state index is 13.2. The summed E-state index contributed by atoms with van der Waals surface area (Å²) in [6, 6.07) is 21.4. The molecule has 1 aliphatic heterocycles. The molecule has 0 saturated carbocycles. The molecule has 0 bridgehead atoms. The lowest BCUT2D eigenvalue weighted by atomic mass is 10.0. The Morgan fingerprint density at radius 3 is 2.32 bits per heavy atom. The zero-order valence-corrected chi connectivity index (χ0v) is 13.9. The molecule has 1 heterocycles. The summed E-state index contributed by atoms with van der Waals surface area (Å²) in [5.41, 5.74) is 3.02. The Balaban J connectivity index is 1.85. The van der Waals surface area contributed by atoms with E-state index in [9.17, 15) is 9.90 Å². The van der Waals surface area contributed by atoms with Gasteiger partial charge in [0.15, 0.2) is 0 Å². The zero-order valence-electron chi connectivity index (χ0n) is 13.2. The minimum Gasteiger partial charge on any atom is -0.508 e. The van der Waals surface area contributed by atoms with E-state index in [1.165, 1.54) is 0 Å². The number of hydrogen-bond donors (Lipinski definition) is 2. The van der Waals surface area contributed by atoms with E-state index in [0.717, 1.165) is 16.9 Å². The molecule has 0 saturated heterocycles. The van der Waals surface area contributed by atoms with Crippen molar-refractivity contribution in [2.24, 2.45) is 0 Å². The number of anilines is 2. The number of phenols is 1. The van der Waals surface area contributed by atoms with Crippen molar-refractivity contribution in [3.05, 3.63) is 88.9 Å². The second kappa shape index (κ2) is 6.15. The molecule has 0 spiro atoms. The lowest BCUT2D eigenvalue weighted by molar-refractivity contribution is 0.0975. The zero-order chi connectivity index (χ0) is 17.4. The van der Waals surface area contributed by atoms with E-state index in [1.54, 1.807) is 47.4 Å². The second-order valence-corrected chi connectivity index (χ2v) is 6.27. The van der Waals surface area contributed by atoms with Crippen LogP contribution in [0.1, 0.15) is 22.1 Å². The Labute approximate surface area is 150 Å². The van der Waals surface area contributed by atoms with Gasteiger partial charge in [-0.3, -0.25) is 9.69 Å². The fourth-order valence-corrected chi connectivity index (χ4v) is 3.14. The van der Waals surface area contributed by atoms with Crippen LogP contribution in [0.25, 0.3) is 0 Å². The predicted molar refractivity (Wildman–Crippen MR) is 99.2 cm³/mol. The van der Waals surface area contributed by atoms with E-state index >= 15 is 0 Å². The summed E-state index contributed by atoms with van der Waals surface area (Å²) in [6.07, 6.45) is -0.385. The van der Waals surface area contributed by atoms with Crippen molar-refractivity contribution in [1.29, 1.82) is 0 Å². The van der Waals surface area contributed by atoms with Gasteiger partial charge in [0, 0.05) is 16.4 Å². The van der Waals surface area contributed by atoms with Crippen LogP contribution in [0.5, 0.6) is 5.75 Å². The Morgan fingerprint density at radius 1 is 0.920 bits per heavy atom. The smallest absolute Gasteiger partial charge is 0.262 e. The molecular weight excluding hydrogens is 336 g/mol. The van der Waals surface area contributed by atoms with E-state index < -0.39 is 0 Å². The molecule has 1 atom stereocenters. The monoisotopic (exact) mass is 350 g/mol. The fourth-order valence-electron chi connectivity index (χ4n) is 3.01.